The molecule has 0 spiro atoms. The van der Waals surface area contributed by atoms with E-state index in [0.29, 0.717) is 12.2 Å². The van der Waals surface area contributed by atoms with Gasteiger partial charge >= 0.3 is 0 Å². The number of methoxy groups -OCH3 is 1. The first kappa shape index (κ1) is 13.3. The summed E-state index contributed by atoms with van der Waals surface area (Å²) in [5.41, 5.74) is 4.84. The molecule has 0 atom stereocenters. The molecule has 0 aliphatic rings. The number of benzene rings is 2. The number of hydrogen-bond donors (Lipinski definition) is 1. The fourth-order valence-electron chi connectivity index (χ4n) is 2.30. The van der Waals surface area contributed by atoms with Crippen LogP contribution in [0.1, 0.15) is 11.4 Å². The number of H-pyrrole nitrogens is 1. The lowest BCUT2D eigenvalue weighted by Crippen LogP contribution is -1.95. The van der Waals surface area contributed by atoms with Crippen molar-refractivity contribution in [2.45, 2.75) is 6.42 Å². The summed E-state index contributed by atoms with van der Waals surface area (Å²) in [6, 6.07) is 15.8. The predicted molar refractivity (Wildman–Crippen MR) is 81.8 cm³/mol. The largest absolute Gasteiger partial charge is 0.384 e. The molecule has 0 bridgehead atoms. The van der Waals surface area contributed by atoms with Crippen molar-refractivity contribution in [3.63, 3.8) is 0 Å². The average Bonchev–Trinajstić information content (AvgIpc) is 2.95. The van der Waals surface area contributed by atoms with Crippen LogP contribution in [0.25, 0.3) is 22.2 Å². The van der Waals surface area contributed by atoms with E-state index in [0.717, 1.165) is 34.4 Å². The lowest BCUT2D eigenvalue weighted by molar-refractivity contribution is 0.201. The summed E-state index contributed by atoms with van der Waals surface area (Å²) in [6.07, 6.45) is 0.775. The van der Waals surface area contributed by atoms with Crippen molar-refractivity contribution in [2.75, 3.05) is 13.7 Å². The third-order valence-corrected chi connectivity index (χ3v) is 3.42. The molecule has 4 heteroatoms. The maximum atomic E-state index is 8.84. The van der Waals surface area contributed by atoms with E-state index in [1.165, 1.54) is 0 Å². The fourth-order valence-corrected chi connectivity index (χ4v) is 2.30. The van der Waals surface area contributed by atoms with Gasteiger partial charge in [0.05, 0.1) is 29.3 Å². The van der Waals surface area contributed by atoms with E-state index in [9.17, 15) is 0 Å². The van der Waals surface area contributed by atoms with Crippen LogP contribution >= 0.6 is 0 Å². The summed E-state index contributed by atoms with van der Waals surface area (Å²) in [4.78, 5) is 7.85. The number of aromatic amines is 1. The smallest absolute Gasteiger partial charge is 0.109 e. The van der Waals surface area contributed by atoms with Gasteiger partial charge in [0.1, 0.15) is 5.82 Å². The standard InChI is InChI=1S/C17H15N3O/c1-21-9-8-17-19-15-7-6-14(10-16(15)20-17)13-4-2-12(11-18)3-5-13/h2-7,10H,8-9H2,1H3,(H,19,20). The number of imidazole rings is 1. The van der Waals surface area contributed by atoms with Gasteiger partial charge < -0.3 is 9.72 Å². The molecule has 2 aromatic carbocycles. The molecule has 0 unspecified atom stereocenters. The van der Waals surface area contributed by atoms with E-state index in [1.54, 1.807) is 7.11 Å². The Morgan fingerprint density at radius 2 is 1.90 bits per heavy atom. The molecule has 3 rings (SSSR count). The first-order chi connectivity index (χ1) is 10.3. The van der Waals surface area contributed by atoms with E-state index in [2.05, 4.69) is 22.1 Å². The number of rotatable bonds is 4. The molecule has 0 saturated heterocycles. The second kappa shape index (κ2) is 5.78. The Bertz CT molecular complexity index is 797. The van der Waals surface area contributed by atoms with Gasteiger partial charge in [0.2, 0.25) is 0 Å². The normalized spacial score (nSPS) is 10.7. The lowest BCUT2D eigenvalue weighted by atomic mass is 10.0. The van der Waals surface area contributed by atoms with Crippen molar-refractivity contribution in [2.24, 2.45) is 0 Å². The number of fused-ring (bicyclic) bond motifs is 1. The van der Waals surface area contributed by atoms with Gasteiger partial charge in [-0.2, -0.15) is 5.26 Å². The third-order valence-electron chi connectivity index (χ3n) is 3.42. The van der Waals surface area contributed by atoms with Crippen LogP contribution in [-0.4, -0.2) is 23.7 Å². The lowest BCUT2D eigenvalue weighted by Gasteiger charge is -2.01. The molecule has 1 heterocycles. The molecule has 104 valence electrons. The highest BCUT2D eigenvalue weighted by molar-refractivity contribution is 5.82. The van der Waals surface area contributed by atoms with Crippen LogP contribution in [-0.2, 0) is 11.2 Å². The summed E-state index contributed by atoms with van der Waals surface area (Å²) < 4.78 is 5.07. The van der Waals surface area contributed by atoms with E-state index in [-0.39, 0.29) is 0 Å². The summed E-state index contributed by atoms with van der Waals surface area (Å²) in [7, 11) is 1.69. The molecular weight excluding hydrogens is 262 g/mol. The third kappa shape index (κ3) is 2.78. The average molecular weight is 277 g/mol. The molecular formula is C17H15N3O. The fraction of sp³-hybridized carbons (Fsp3) is 0.176. The molecule has 1 N–H and O–H groups in total. The van der Waals surface area contributed by atoms with Crippen molar-refractivity contribution in [1.29, 1.82) is 5.26 Å². The number of nitrogens with one attached hydrogen (secondary N) is 1. The van der Waals surface area contributed by atoms with Gasteiger partial charge in [0.15, 0.2) is 0 Å². The molecule has 4 nitrogen and oxygen atoms in total. The Balaban J connectivity index is 1.94. The summed E-state index contributed by atoms with van der Waals surface area (Å²) in [6.45, 7) is 0.655. The minimum absolute atomic E-state index is 0.655. The topological polar surface area (TPSA) is 61.7 Å². The van der Waals surface area contributed by atoms with Gasteiger partial charge in [-0.25, -0.2) is 4.98 Å². The van der Waals surface area contributed by atoms with Crippen molar-refractivity contribution < 1.29 is 4.74 Å². The molecule has 1 aromatic heterocycles. The quantitative estimate of drug-likeness (QED) is 0.796. The highest BCUT2D eigenvalue weighted by Crippen LogP contribution is 2.23. The van der Waals surface area contributed by atoms with Crippen LogP contribution in [0.4, 0.5) is 0 Å². The van der Waals surface area contributed by atoms with Crippen LogP contribution in [0, 0.1) is 11.3 Å². The van der Waals surface area contributed by atoms with Crippen LogP contribution in [0.5, 0.6) is 0 Å². The van der Waals surface area contributed by atoms with Crippen molar-refractivity contribution in [1.82, 2.24) is 9.97 Å². The molecule has 0 saturated carbocycles. The minimum Gasteiger partial charge on any atom is -0.384 e. The number of nitriles is 1. The summed E-state index contributed by atoms with van der Waals surface area (Å²) in [5, 5.41) is 8.84. The second-order valence-corrected chi connectivity index (χ2v) is 4.85. The van der Waals surface area contributed by atoms with Gasteiger partial charge in [0.25, 0.3) is 0 Å². The van der Waals surface area contributed by atoms with Gasteiger partial charge in [-0.05, 0) is 35.4 Å². The number of ether oxygens (including phenoxy) is 1. The second-order valence-electron chi connectivity index (χ2n) is 4.85. The Labute approximate surface area is 123 Å². The highest BCUT2D eigenvalue weighted by Gasteiger charge is 2.05. The van der Waals surface area contributed by atoms with Crippen molar-refractivity contribution >= 4 is 11.0 Å². The van der Waals surface area contributed by atoms with Crippen LogP contribution in [0.2, 0.25) is 0 Å². The zero-order chi connectivity index (χ0) is 14.7. The molecule has 3 aromatic rings. The highest BCUT2D eigenvalue weighted by atomic mass is 16.5. The number of nitrogens with zero attached hydrogens (tertiary/aromatic N) is 2. The van der Waals surface area contributed by atoms with Crippen LogP contribution in [0.15, 0.2) is 42.5 Å². The van der Waals surface area contributed by atoms with Crippen molar-refractivity contribution in [3.05, 3.63) is 53.9 Å². The molecule has 0 radical (unpaired) electrons. The van der Waals surface area contributed by atoms with E-state index < -0.39 is 0 Å². The van der Waals surface area contributed by atoms with Gasteiger partial charge in [0, 0.05) is 13.5 Å². The Hall–Kier alpha value is -2.64. The molecule has 0 aliphatic heterocycles. The molecule has 0 aliphatic carbocycles. The zero-order valence-electron chi connectivity index (χ0n) is 11.8. The van der Waals surface area contributed by atoms with Gasteiger partial charge in [-0.15, -0.1) is 0 Å². The monoisotopic (exact) mass is 277 g/mol. The van der Waals surface area contributed by atoms with Crippen LogP contribution in [0.3, 0.4) is 0 Å². The van der Waals surface area contributed by atoms with E-state index >= 15 is 0 Å². The first-order valence-corrected chi connectivity index (χ1v) is 6.78. The minimum atomic E-state index is 0.655. The first-order valence-electron chi connectivity index (χ1n) is 6.78. The van der Waals surface area contributed by atoms with Gasteiger partial charge in [-0.1, -0.05) is 18.2 Å². The Morgan fingerprint density at radius 3 is 2.62 bits per heavy atom. The molecule has 0 amide bonds. The Kier molecular flexibility index (Phi) is 3.67. The maximum absolute atomic E-state index is 8.84. The summed E-state index contributed by atoms with van der Waals surface area (Å²) >= 11 is 0. The molecule has 0 fully saturated rings. The molecule has 21 heavy (non-hydrogen) atoms. The van der Waals surface area contributed by atoms with Gasteiger partial charge in [-0.3, -0.25) is 0 Å². The summed E-state index contributed by atoms with van der Waals surface area (Å²) in [5.74, 6) is 0.934. The van der Waals surface area contributed by atoms with Crippen molar-refractivity contribution in [3.8, 4) is 17.2 Å². The predicted octanol–water partition coefficient (Wildman–Crippen LogP) is 3.29. The van der Waals surface area contributed by atoms with Crippen LogP contribution < -0.4 is 0 Å². The number of hydrogen-bond acceptors (Lipinski definition) is 3. The SMILES string of the molecule is COCCc1nc2ccc(-c3ccc(C#N)cc3)cc2[nH]1. The van der Waals surface area contributed by atoms with E-state index in [4.69, 9.17) is 10.00 Å². The van der Waals surface area contributed by atoms with E-state index in [1.807, 2.05) is 36.4 Å². The number of aromatic nitrogens is 2. The zero-order valence-corrected chi connectivity index (χ0v) is 11.8. The maximum Gasteiger partial charge on any atom is 0.109 e. The Morgan fingerprint density at radius 1 is 1.14 bits per heavy atom.